The van der Waals surface area contributed by atoms with E-state index in [1.807, 2.05) is 0 Å². The lowest BCUT2D eigenvalue weighted by molar-refractivity contribution is 0.0907. The number of unbranched alkanes of at least 4 members (excludes halogenated alkanes) is 2. The van der Waals surface area contributed by atoms with Crippen molar-refractivity contribution in [2.24, 2.45) is 0 Å². The minimum absolute atomic E-state index is 0.135. The van der Waals surface area contributed by atoms with Crippen molar-refractivity contribution in [3.8, 4) is 5.75 Å². The Balaban J connectivity index is 1.30. The van der Waals surface area contributed by atoms with Crippen molar-refractivity contribution in [3.05, 3.63) is 22.7 Å². The molecule has 0 aromatic heterocycles. The van der Waals surface area contributed by atoms with Crippen LogP contribution in [0.15, 0.2) is 12.1 Å². The number of ether oxygens (including phenoxy) is 1. The highest BCUT2D eigenvalue weighted by atomic mass is 35.5. The number of amides is 1. The molecule has 1 amide bonds. The zero-order valence-electron chi connectivity index (χ0n) is 20.3. The van der Waals surface area contributed by atoms with Gasteiger partial charge in [0.25, 0.3) is 5.91 Å². The molecule has 0 bridgehead atoms. The lowest BCUT2D eigenvalue weighted by atomic mass is 10.0. The quantitative estimate of drug-likeness (QED) is 0.361. The second kappa shape index (κ2) is 12.4. The molecule has 3 N–H and O–H groups in total. The molecular formula is C23H38ClN5O4S. The van der Waals surface area contributed by atoms with E-state index in [0.29, 0.717) is 35.1 Å². The lowest BCUT2D eigenvalue weighted by Crippen LogP contribution is -2.48. The maximum atomic E-state index is 12.7. The average Bonchev–Trinajstić information content (AvgIpc) is 2.81. The summed E-state index contributed by atoms with van der Waals surface area (Å²) in [5.41, 5.74) is 6.60. The molecule has 0 spiro atoms. The van der Waals surface area contributed by atoms with E-state index in [2.05, 4.69) is 15.1 Å². The Morgan fingerprint density at radius 1 is 1.06 bits per heavy atom. The number of hydrogen-bond acceptors (Lipinski definition) is 7. The van der Waals surface area contributed by atoms with Gasteiger partial charge in [0.2, 0.25) is 10.0 Å². The van der Waals surface area contributed by atoms with Crippen molar-refractivity contribution in [1.29, 1.82) is 0 Å². The number of hydrogen-bond donors (Lipinski definition) is 2. The molecule has 11 heteroatoms. The van der Waals surface area contributed by atoms with E-state index in [-0.39, 0.29) is 11.9 Å². The number of rotatable bonds is 10. The summed E-state index contributed by atoms with van der Waals surface area (Å²) in [4.78, 5) is 17.6. The first-order chi connectivity index (χ1) is 16.2. The molecule has 0 saturated carbocycles. The summed E-state index contributed by atoms with van der Waals surface area (Å²) >= 11 is 6.09. The molecule has 2 fully saturated rings. The number of nitrogens with zero attached hydrogens (tertiary/aromatic N) is 3. The van der Waals surface area contributed by atoms with E-state index in [9.17, 15) is 13.2 Å². The van der Waals surface area contributed by atoms with E-state index in [1.54, 1.807) is 16.4 Å². The van der Waals surface area contributed by atoms with Crippen molar-refractivity contribution in [2.45, 2.75) is 38.1 Å². The van der Waals surface area contributed by atoms with Gasteiger partial charge in [0.1, 0.15) is 5.75 Å². The van der Waals surface area contributed by atoms with Crippen LogP contribution in [0.1, 0.15) is 42.5 Å². The summed E-state index contributed by atoms with van der Waals surface area (Å²) in [6, 6.07) is 3.27. The largest absolute Gasteiger partial charge is 0.496 e. The first kappa shape index (κ1) is 27.0. The van der Waals surface area contributed by atoms with Gasteiger partial charge in [-0.05, 0) is 44.8 Å². The number of carbonyl (C=O) groups is 1. The number of carbonyl (C=O) groups excluding carboxylic acids is 1. The second-order valence-electron chi connectivity index (χ2n) is 9.23. The van der Waals surface area contributed by atoms with Gasteiger partial charge in [-0.1, -0.05) is 18.0 Å². The first-order valence-corrected chi connectivity index (χ1v) is 14.2. The van der Waals surface area contributed by atoms with Crippen LogP contribution in [-0.4, -0.2) is 100 Å². The third-order valence-electron chi connectivity index (χ3n) is 6.74. The topological polar surface area (TPSA) is 108 Å². The minimum Gasteiger partial charge on any atom is -0.496 e. The minimum atomic E-state index is -3.06. The van der Waals surface area contributed by atoms with E-state index in [0.717, 1.165) is 65.0 Å². The SMILES string of the molecule is COc1cc(N)c(Cl)cc1C(=O)NC1CCN(CCCCCN2CCN(S(C)(=O)=O)CC2)CC1. The molecule has 0 radical (unpaired) electrons. The smallest absolute Gasteiger partial charge is 0.255 e. The van der Waals surface area contributed by atoms with Gasteiger partial charge < -0.3 is 25.6 Å². The molecule has 2 saturated heterocycles. The third kappa shape index (κ3) is 7.71. The van der Waals surface area contributed by atoms with Crippen molar-refractivity contribution in [2.75, 3.05) is 71.5 Å². The molecular weight excluding hydrogens is 478 g/mol. The molecule has 9 nitrogen and oxygen atoms in total. The molecule has 2 heterocycles. The first-order valence-electron chi connectivity index (χ1n) is 12.0. The van der Waals surface area contributed by atoms with E-state index < -0.39 is 10.0 Å². The van der Waals surface area contributed by atoms with E-state index in [1.165, 1.54) is 19.8 Å². The van der Waals surface area contributed by atoms with Gasteiger partial charge in [-0.2, -0.15) is 4.31 Å². The average molecular weight is 516 g/mol. The number of anilines is 1. The zero-order chi connectivity index (χ0) is 24.7. The summed E-state index contributed by atoms with van der Waals surface area (Å²) in [5.74, 6) is 0.240. The monoisotopic (exact) mass is 515 g/mol. The standard InChI is InChI=1S/C23H38ClN5O4S/c1-33-22-17-21(25)20(24)16-19(22)23(30)26-18-6-10-27(11-7-18)8-4-3-5-9-28-12-14-29(15-13-28)34(2,31)32/h16-18H,3-15,25H2,1-2H3,(H,26,30). The van der Waals surface area contributed by atoms with Crippen LogP contribution in [0.3, 0.4) is 0 Å². The predicted octanol–water partition coefficient (Wildman–Crippen LogP) is 1.87. The summed E-state index contributed by atoms with van der Waals surface area (Å²) < 4.78 is 30.1. The Kier molecular flexibility index (Phi) is 9.84. The number of benzene rings is 1. The van der Waals surface area contributed by atoms with Gasteiger partial charge in [0, 0.05) is 51.4 Å². The molecule has 1 aromatic carbocycles. The van der Waals surface area contributed by atoms with Crippen LogP contribution in [0.2, 0.25) is 5.02 Å². The molecule has 0 atom stereocenters. The van der Waals surface area contributed by atoms with Crippen LogP contribution in [-0.2, 0) is 10.0 Å². The highest BCUT2D eigenvalue weighted by Crippen LogP contribution is 2.29. The fourth-order valence-electron chi connectivity index (χ4n) is 4.61. The number of sulfonamides is 1. The van der Waals surface area contributed by atoms with Crippen LogP contribution >= 0.6 is 11.6 Å². The van der Waals surface area contributed by atoms with Gasteiger partial charge in [-0.3, -0.25) is 4.79 Å². The molecule has 3 rings (SSSR count). The van der Waals surface area contributed by atoms with Crippen LogP contribution in [0.4, 0.5) is 5.69 Å². The Morgan fingerprint density at radius 3 is 2.21 bits per heavy atom. The third-order valence-corrected chi connectivity index (χ3v) is 8.37. The van der Waals surface area contributed by atoms with Gasteiger partial charge >= 0.3 is 0 Å². The molecule has 0 unspecified atom stereocenters. The van der Waals surface area contributed by atoms with Crippen LogP contribution in [0.5, 0.6) is 5.75 Å². The zero-order valence-corrected chi connectivity index (χ0v) is 21.8. The number of methoxy groups -OCH3 is 1. The summed E-state index contributed by atoms with van der Waals surface area (Å²) in [6.45, 7) is 6.89. The Morgan fingerprint density at radius 2 is 1.65 bits per heavy atom. The molecule has 0 aliphatic carbocycles. The number of piperazine rings is 1. The summed E-state index contributed by atoms with van der Waals surface area (Å²) in [7, 11) is -1.55. The molecule has 2 aliphatic heterocycles. The van der Waals surface area contributed by atoms with Gasteiger partial charge in [-0.15, -0.1) is 0 Å². The summed E-state index contributed by atoms with van der Waals surface area (Å²) in [6.07, 6.45) is 6.58. The Bertz CT molecular complexity index is 930. The van der Waals surface area contributed by atoms with Crippen molar-refractivity contribution >= 4 is 33.2 Å². The van der Waals surface area contributed by atoms with Crippen LogP contribution in [0.25, 0.3) is 0 Å². The summed E-state index contributed by atoms with van der Waals surface area (Å²) in [5, 5.41) is 3.45. The van der Waals surface area contributed by atoms with Crippen molar-refractivity contribution < 1.29 is 17.9 Å². The molecule has 192 valence electrons. The number of halogens is 1. The number of nitrogens with two attached hydrogens (primary N) is 1. The Labute approximate surface area is 208 Å². The van der Waals surface area contributed by atoms with E-state index in [4.69, 9.17) is 22.1 Å². The normalized spacial score (nSPS) is 19.3. The Hall–Kier alpha value is -1.59. The number of piperidine rings is 1. The number of likely N-dealkylation sites (tertiary alicyclic amines) is 1. The van der Waals surface area contributed by atoms with Crippen LogP contribution in [0, 0.1) is 0 Å². The highest BCUT2D eigenvalue weighted by Gasteiger charge is 2.24. The maximum Gasteiger partial charge on any atom is 0.255 e. The van der Waals surface area contributed by atoms with Gasteiger partial charge in [0.15, 0.2) is 0 Å². The fourth-order valence-corrected chi connectivity index (χ4v) is 5.60. The van der Waals surface area contributed by atoms with Crippen molar-refractivity contribution in [3.63, 3.8) is 0 Å². The van der Waals surface area contributed by atoms with Crippen molar-refractivity contribution in [1.82, 2.24) is 19.4 Å². The van der Waals surface area contributed by atoms with Gasteiger partial charge in [0.05, 0.1) is 29.6 Å². The predicted molar refractivity (Wildman–Crippen MR) is 136 cm³/mol. The molecule has 34 heavy (non-hydrogen) atoms. The van der Waals surface area contributed by atoms with E-state index >= 15 is 0 Å². The fraction of sp³-hybridized carbons (Fsp3) is 0.696. The number of nitrogens with one attached hydrogen (secondary N) is 1. The van der Waals surface area contributed by atoms with Crippen LogP contribution < -0.4 is 15.8 Å². The lowest BCUT2D eigenvalue weighted by Gasteiger charge is -2.33. The number of nitrogen functional groups attached to an aromatic ring is 1. The highest BCUT2D eigenvalue weighted by molar-refractivity contribution is 7.88. The second-order valence-corrected chi connectivity index (χ2v) is 11.6. The maximum absolute atomic E-state index is 12.7. The molecule has 2 aliphatic rings. The van der Waals surface area contributed by atoms with Gasteiger partial charge in [-0.25, -0.2) is 8.42 Å². The molecule has 1 aromatic rings.